The molecule has 5 heterocycles. The minimum absolute atomic E-state index is 0.124. The number of nitrogens with zero attached hydrogens (tertiary/aromatic N) is 4. The Morgan fingerprint density at radius 1 is 1.24 bits per heavy atom. The lowest BCUT2D eigenvalue weighted by Crippen LogP contribution is -2.64. The number of aryl methyl sites for hydroxylation is 1. The zero-order valence-corrected chi connectivity index (χ0v) is 22.2. The number of allylic oxidation sites excluding steroid dienone is 2. The number of ether oxygens (including phenoxy) is 2. The van der Waals surface area contributed by atoms with Crippen LogP contribution in [0.1, 0.15) is 59.8 Å². The third-order valence-corrected chi connectivity index (χ3v) is 8.52. The van der Waals surface area contributed by atoms with Crippen LogP contribution in [0.2, 0.25) is 0 Å². The molecule has 196 valence electrons. The number of carbonyl (C=O) groups is 1. The van der Waals surface area contributed by atoms with Gasteiger partial charge in [0.05, 0.1) is 55.3 Å². The number of aromatic nitrogens is 1. The van der Waals surface area contributed by atoms with Gasteiger partial charge in [0, 0.05) is 60.1 Å². The molecule has 1 aromatic carbocycles. The third-order valence-electron chi connectivity index (χ3n) is 8.52. The van der Waals surface area contributed by atoms with Gasteiger partial charge in [-0.1, -0.05) is 6.07 Å². The molecule has 4 aliphatic rings. The van der Waals surface area contributed by atoms with Crippen molar-refractivity contribution in [3.8, 4) is 6.07 Å². The maximum Gasteiger partial charge on any atom is 0.255 e. The van der Waals surface area contributed by atoms with Crippen LogP contribution in [0.25, 0.3) is 0 Å². The quantitative estimate of drug-likeness (QED) is 0.656. The van der Waals surface area contributed by atoms with Crippen molar-refractivity contribution in [2.75, 3.05) is 38.3 Å². The van der Waals surface area contributed by atoms with Crippen LogP contribution in [0.15, 0.2) is 52.9 Å². The number of fused-ring (bicyclic) bond motifs is 3. The first kappa shape index (κ1) is 24.8. The summed E-state index contributed by atoms with van der Waals surface area (Å²) in [6.07, 6.45) is 5.50. The summed E-state index contributed by atoms with van der Waals surface area (Å²) >= 11 is 0. The van der Waals surface area contributed by atoms with Crippen molar-refractivity contribution in [2.45, 2.75) is 51.0 Å². The third kappa shape index (κ3) is 4.20. The molecule has 8 heteroatoms. The van der Waals surface area contributed by atoms with Gasteiger partial charge < -0.3 is 19.7 Å². The summed E-state index contributed by atoms with van der Waals surface area (Å²) in [5, 5.41) is 12.5. The molecule has 0 aliphatic carbocycles. The molecule has 2 unspecified atom stereocenters. The van der Waals surface area contributed by atoms with Gasteiger partial charge in [0.15, 0.2) is 0 Å². The second-order valence-electron chi connectivity index (χ2n) is 11.5. The molecule has 1 spiro atoms. The summed E-state index contributed by atoms with van der Waals surface area (Å²) in [5.41, 5.74) is 6.00. The van der Waals surface area contributed by atoms with Gasteiger partial charge in [-0.25, -0.2) is 0 Å². The molecule has 2 saturated heterocycles. The van der Waals surface area contributed by atoms with Crippen LogP contribution < -0.4 is 5.32 Å². The van der Waals surface area contributed by atoms with E-state index >= 15 is 0 Å². The topological polar surface area (TPSA) is 99.8 Å². The number of hydrogen-bond acceptors (Lipinski definition) is 7. The number of nitrogens with one attached hydrogen (secondary N) is 1. The fourth-order valence-corrected chi connectivity index (χ4v) is 6.09. The summed E-state index contributed by atoms with van der Waals surface area (Å²) in [6, 6.07) is 12.0. The molecule has 0 bridgehead atoms. The highest BCUT2D eigenvalue weighted by molar-refractivity contribution is 6.04. The van der Waals surface area contributed by atoms with Crippen molar-refractivity contribution >= 4 is 17.8 Å². The predicted octanol–water partition coefficient (Wildman–Crippen LogP) is 4.33. The van der Waals surface area contributed by atoms with Crippen molar-refractivity contribution in [1.29, 1.82) is 5.26 Å². The van der Waals surface area contributed by atoms with Gasteiger partial charge in [0.1, 0.15) is 0 Å². The van der Waals surface area contributed by atoms with E-state index < -0.39 is 5.41 Å². The molecular formula is C30H33N5O3. The summed E-state index contributed by atoms with van der Waals surface area (Å²) in [4.78, 5) is 24.9. The molecule has 8 nitrogen and oxygen atoms in total. The van der Waals surface area contributed by atoms with Crippen LogP contribution in [0, 0.1) is 23.7 Å². The van der Waals surface area contributed by atoms with E-state index in [-0.39, 0.29) is 17.2 Å². The van der Waals surface area contributed by atoms with E-state index in [4.69, 9.17) is 14.5 Å². The Balaban J connectivity index is 1.23. The zero-order valence-electron chi connectivity index (χ0n) is 22.2. The zero-order chi connectivity index (χ0) is 26.5. The summed E-state index contributed by atoms with van der Waals surface area (Å²) < 4.78 is 11.5. The lowest BCUT2D eigenvalue weighted by atomic mass is 9.70. The largest absolute Gasteiger partial charge is 0.380 e. The standard InChI is InChI=1S/C30H33N5O3/c1-19-4-5-22(34-28(36)20-6-7-32-26(11-20)29(2,3)16-31)12-23(19)21-10-25-24(33-14-21)13-30(17-38-18-30)27-15-37-9-8-35(25)27/h4-7,11-12,14,21,27H,8-10,13,15,17-18H2,1-3H3,(H,34,36). The normalized spacial score (nSPS) is 23.8. The smallest absolute Gasteiger partial charge is 0.255 e. The molecule has 2 aromatic rings. The van der Waals surface area contributed by atoms with Gasteiger partial charge >= 0.3 is 0 Å². The van der Waals surface area contributed by atoms with E-state index in [0.29, 0.717) is 17.3 Å². The first-order valence-electron chi connectivity index (χ1n) is 13.3. The van der Waals surface area contributed by atoms with Gasteiger partial charge in [0.2, 0.25) is 0 Å². The Labute approximate surface area is 223 Å². The molecule has 1 aromatic heterocycles. The van der Waals surface area contributed by atoms with Gasteiger partial charge in [-0.3, -0.25) is 14.8 Å². The highest BCUT2D eigenvalue weighted by Crippen LogP contribution is 2.50. The maximum atomic E-state index is 13.1. The molecular weight excluding hydrogens is 478 g/mol. The summed E-state index contributed by atoms with van der Waals surface area (Å²) in [7, 11) is 0. The molecule has 4 aliphatic heterocycles. The van der Waals surface area contributed by atoms with Crippen molar-refractivity contribution < 1.29 is 14.3 Å². The van der Waals surface area contributed by atoms with Crippen LogP contribution in [-0.4, -0.2) is 61.0 Å². The molecule has 0 saturated carbocycles. The number of carbonyl (C=O) groups excluding carboxylic acids is 1. The van der Waals surface area contributed by atoms with Gasteiger partial charge in [-0.05, 0) is 56.2 Å². The van der Waals surface area contributed by atoms with Crippen molar-refractivity contribution in [3.05, 3.63) is 70.3 Å². The number of nitriles is 1. The average Bonchev–Trinajstić information content (AvgIpc) is 2.92. The lowest BCUT2D eigenvalue weighted by Gasteiger charge is -2.57. The van der Waals surface area contributed by atoms with E-state index in [1.165, 1.54) is 17.0 Å². The summed E-state index contributed by atoms with van der Waals surface area (Å²) in [5.74, 6) is -0.0966. The van der Waals surface area contributed by atoms with E-state index in [1.807, 2.05) is 6.07 Å². The van der Waals surface area contributed by atoms with Crippen molar-refractivity contribution in [3.63, 3.8) is 0 Å². The predicted molar refractivity (Wildman–Crippen MR) is 144 cm³/mol. The number of pyridine rings is 1. The first-order valence-corrected chi connectivity index (χ1v) is 13.3. The average molecular weight is 512 g/mol. The number of hydrogen-bond donors (Lipinski definition) is 1. The monoisotopic (exact) mass is 511 g/mol. The van der Waals surface area contributed by atoms with Crippen LogP contribution >= 0.6 is 0 Å². The number of anilines is 1. The number of amides is 1. The first-order chi connectivity index (χ1) is 18.3. The molecule has 0 radical (unpaired) electrons. The van der Waals surface area contributed by atoms with E-state index in [1.54, 1.807) is 32.2 Å². The van der Waals surface area contributed by atoms with Crippen LogP contribution in [0.3, 0.4) is 0 Å². The van der Waals surface area contributed by atoms with Crippen LogP contribution in [0.5, 0.6) is 0 Å². The van der Waals surface area contributed by atoms with E-state index in [0.717, 1.165) is 57.1 Å². The minimum Gasteiger partial charge on any atom is -0.380 e. The number of benzene rings is 1. The number of aliphatic imine (C=N–C) groups is 1. The Kier molecular flexibility index (Phi) is 6.09. The summed E-state index contributed by atoms with van der Waals surface area (Å²) in [6.45, 7) is 9.62. The molecule has 1 amide bonds. The number of rotatable bonds is 4. The van der Waals surface area contributed by atoms with Crippen LogP contribution in [0.4, 0.5) is 5.69 Å². The fraction of sp³-hybridized carbons (Fsp3) is 0.467. The fourth-order valence-electron chi connectivity index (χ4n) is 6.09. The molecule has 2 atom stereocenters. The maximum absolute atomic E-state index is 13.1. The van der Waals surface area contributed by atoms with Crippen molar-refractivity contribution in [1.82, 2.24) is 9.88 Å². The SMILES string of the molecule is Cc1ccc(NC(=O)c2ccnc(C(C)(C)C#N)c2)cc1C1C=NC2=C(C1)N1CCOCC1C1(COC1)C2. The Hall–Kier alpha value is -3.54. The van der Waals surface area contributed by atoms with E-state index in [2.05, 4.69) is 46.5 Å². The second kappa shape index (κ2) is 9.33. The van der Waals surface area contributed by atoms with Gasteiger partial charge in [-0.2, -0.15) is 5.26 Å². The highest BCUT2D eigenvalue weighted by atomic mass is 16.5. The Bertz CT molecular complexity index is 1380. The second-order valence-corrected chi connectivity index (χ2v) is 11.5. The highest BCUT2D eigenvalue weighted by Gasteiger charge is 2.53. The van der Waals surface area contributed by atoms with Gasteiger partial charge in [0.25, 0.3) is 5.91 Å². The Morgan fingerprint density at radius 3 is 2.84 bits per heavy atom. The van der Waals surface area contributed by atoms with Crippen LogP contribution in [-0.2, 0) is 14.9 Å². The number of morpholine rings is 1. The molecule has 1 N–H and O–H groups in total. The molecule has 2 fully saturated rings. The van der Waals surface area contributed by atoms with Gasteiger partial charge in [-0.15, -0.1) is 0 Å². The molecule has 38 heavy (non-hydrogen) atoms. The molecule has 6 rings (SSSR count). The van der Waals surface area contributed by atoms with E-state index in [9.17, 15) is 10.1 Å². The minimum atomic E-state index is -0.773. The Morgan fingerprint density at radius 2 is 2.08 bits per heavy atom. The van der Waals surface area contributed by atoms with Crippen molar-refractivity contribution in [2.24, 2.45) is 10.4 Å². The lowest BCUT2D eigenvalue weighted by molar-refractivity contribution is -0.183.